The van der Waals surface area contributed by atoms with E-state index >= 15 is 0 Å². The highest BCUT2D eigenvalue weighted by molar-refractivity contribution is 5.81. The number of likely N-dealkylation sites (N-methyl/N-ethyl adjacent to an activating group) is 1. The van der Waals surface area contributed by atoms with Crippen LogP contribution in [-0.2, 0) is 4.79 Å². The van der Waals surface area contributed by atoms with Gasteiger partial charge < -0.3 is 15.5 Å². The fourth-order valence-electron chi connectivity index (χ4n) is 1.93. The van der Waals surface area contributed by atoms with E-state index in [0.717, 1.165) is 0 Å². The zero-order chi connectivity index (χ0) is 14.1. The molecule has 0 saturated carbocycles. The third-order valence-electron chi connectivity index (χ3n) is 3.08. The summed E-state index contributed by atoms with van der Waals surface area (Å²) in [5.41, 5.74) is 5.71. The van der Waals surface area contributed by atoms with Crippen molar-refractivity contribution in [1.29, 1.82) is 0 Å². The lowest BCUT2D eigenvalue weighted by molar-refractivity contribution is -0.129. The van der Waals surface area contributed by atoms with Gasteiger partial charge in [0.05, 0.1) is 6.54 Å². The molecule has 104 valence electrons. The summed E-state index contributed by atoms with van der Waals surface area (Å²) in [4.78, 5) is 27.7. The maximum Gasteiger partial charge on any atom is 0.257 e. The van der Waals surface area contributed by atoms with Crippen LogP contribution in [0.4, 0.5) is 11.9 Å². The van der Waals surface area contributed by atoms with Crippen LogP contribution in [0.5, 0.6) is 0 Å². The van der Waals surface area contributed by atoms with Gasteiger partial charge in [-0.1, -0.05) is 0 Å². The van der Waals surface area contributed by atoms with Crippen molar-refractivity contribution in [3.8, 4) is 5.95 Å². The lowest BCUT2D eigenvalue weighted by atomic mass is 10.3. The van der Waals surface area contributed by atoms with Gasteiger partial charge in [-0.3, -0.25) is 4.79 Å². The molecule has 0 spiro atoms. The van der Waals surface area contributed by atoms with Gasteiger partial charge in [0.15, 0.2) is 0 Å². The SMILES string of the molecule is CN1CCN(c2nc(N)nc(-n3cccn3)n2)CC1=O. The molecule has 1 fully saturated rings. The minimum atomic E-state index is 0.0240. The number of nitrogen functional groups attached to an aromatic ring is 1. The fourth-order valence-corrected chi connectivity index (χ4v) is 1.93. The van der Waals surface area contributed by atoms with Crippen molar-refractivity contribution in [2.75, 3.05) is 37.3 Å². The van der Waals surface area contributed by atoms with Crippen LogP contribution in [-0.4, -0.2) is 62.2 Å². The third-order valence-corrected chi connectivity index (χ3v) is 3.08. The van der Waals surface area contributed by atoms with E-state index in [-0.39, 0.29) is 18.4 Å². The van der Waals surface area contributed by atoms with Gasteiger partial charge >= 0.3 is 0 Å². The molecule has 1 aliphatic heterocycles. The number of hydrogen-bond acceptors (Lipinski definition) is 7. The smallest absolute Gasteiger partial charge is 0.257 e. The maximum absolute atomic E-state index is 11.7. The molecule has 0 bridgehead atoms. The Morgan fingerprint density at radius 2 is 2.00 bits per heavy atom. The third kappa shape index (κ3) is 2.25. The summed E-state index contributed by atoms with van der Waals surface area (Å²) in [6, 6.07) is 1.76. The molecule has 9 nitrogen and oxygen atoms in total. The summed E-state index contributed by atoms with van der Waals surface area (Å²) < 4.78 is 1.50. The van der Waals surface area contributed by atoms with Gasteiger partial charge in [-0.2, -0.15) is 20.1 Å². The highest BCUT2D eigenvalue weighted by atomic mass is 16.2. The maximum atomic E-state index is 11.7. The molecule has 2 N–H and O–H groups in total. The number of nitrogens with zero attached hydrogens (tertiary/aromatic N) is 7. The molecule has 1 saturated heterocycles. The molecule has 3 heterocycles. The molecule has 9 heteroatoms. The standard InChI is InChI=1S/C11H14N8O/c1-17-5-6-18(7-8(17)20)10-14-9(12)15-11(16-10)19-4-2-3-13-19/h2-4H,5-7H2,1H3,(H2,12,14,15,16). The Bertz CT molecular complexity index is 625. The first kappa shape index (κ1) is 12.3. The van der Waals surface area contributed by atoms with Crippen molar-refractivity contribution < 1.29 is 4.79 Å². The predicted molar refractivity (Wildman–Crippen MR) is 71.2 cm³/mol. The zero-order valence-electron chi connectivity index (χ0n) is 11.0. The van der Waals surface area contributed by atoms with Crippen molar-refractivity contribution in [3.05, 3.63) is 18.5 Å². The monoisotopic (exact) mass is 274 g/mol. The largest absolute Gasteiger partial charge is 0.368 e. The van der Waals surface area contributed by atoms with Crippen molar-refractivity contribution in [1.82, 2.24) is 29.6 Å². The van der Waals surface area contributed by atoms with E-state index in [0.29, 0.717) is 25.0 Å². The Hall–Kier alpha value is -2.71. The summed E-state index contributed by atoms with van der Waals surface area (Å²) in [5.74, 6) is 0.857. The number of nitrogens with two attached hydrogens (primary N) is 1. The molecule has 0 aromatic carbocycles. The molecule has 0 unspecified atom stereocenters. The van der Waals surface area contributed by atoms with E-state index in [2.05, 4.69) is 20.1 Å². The van der Waals surface area contributed by atoms with Gasteiger partial charge in [-0.05, 0) is 6.07 Å². The Labute approximate surface area is 115 Å². The number of piperazine rings is 1. The average molecular weight is 274 g/mol. The van der Waals surface area contributed by atoms with Crippen molar-refractivity contribution in [2.24, 2.45) is 0 Å². The molecule has 3 rings (SSSR count). The van der Waals surface area contributed by atoms with Crippen LogP contribution in [0.3, 0.4) is 0 Å². The molecular weight excluding hydrogens is 260 g/mol. The Kier molecular flexibility index (Phi) is 2.93. The lowest BCUT2D eigenvalue weighted by Gasteiger charge is -2.31. The lowest BCUT2D eigenvalue weighted by Crippen LogP contribution is -2.49. The van der Waals surface area contributed by atoms with Crippen LogP contribution in [0.2, 0.25) is 0 Å². The second-order valence-corrected chi connectivity index (χ2v) is 4.48. The fraction of sp³-hybridized carbons (Fsp3) is 0.364. The van der Waals surface area contributed by atoms with E-state index in [1.165, 1.54) is 4.68 Å². The first-order valence-electron chi connectivity index (χ1n) is 6.14. The molecule has 1 aliphatic rings. The number of carbonyl (C=O) groups is 1. The summed E-state index contributed by atoms with van der Waals surface area (Å²) in [5, 5.41) is 4.06. The molecule has 2 aromatic rings. The first-order chi connectivity index (χ1) is 9.63. The summed E-state index contributed by atoms with van der Waals surface area (Å²) in [6.45, 7) is 1.52. The number of rotatable bonds is 2. The van der Waals surface area contributed by atoms with Crippen LogP contribution < -0.4 is 10.6 Å². The molecule has 20 heavy (non-hydrogen) atoms. The second kappa shape index (κ2) is 4.76. The Balaban J connectivity index is 1.92. The Morgan fingerprint density at radius 1 is 1.20 bits per heavy atom. The predicted octanol–water partition coefficient (Wildman–Crippen LogP) is -1.08. The van der Waals surface area contributed by atoms with Crippen LogP contribution in [0.15, 0.2) is 18.5 Å². The van der Waals surface area contributed by atoms with E-state index < -0.39 is 0 Å². The van der Waals surface area contributed by atoms with Gasteiger partial charge in [0.25, 0.3) is 5.95 Å². The minimum absolute atomic E-state index is 0.0240. The van der Waals surface area contributed by atoms with Crippen LogP contribution in [0.1, 0.15) is 0 Å². The number of amides is 1. The number of hydrogen-bond donors (Lipinski definition) is 1. The molecule has 2 aromatic heterocycles. The molecular formula is C11H14N8O. The van der Waals surface area contributed by atoms with Gasteiger partial charge in [0, 0.05) is 32.5 Å². The highest BCUT2D eigenvalue weighted by Crippen LogP contribution is 2.13. The van der Waals surface area contributed by atoms with E-state index in [4.69, 9.17) is 5.73 Å². The normalized spacial score (nSPS) is 15.8. The quantitative estimate of drug-likeness (QED) is 0.742. The molecule has 0 aliphatic carbocycles. The molecule has 0 radical (unpaired) electrons. The number of carbonyl (C=O) groups excluding carboxylic acids is 1. The summed E-state index contributed by atoms with van der Waals surface area (Å²) in [6.07, 6.45) is 3.34. The van der Waals surface area contributed by atoms with Crippen LogP contribution >= 0.6 is 0 Å². The van der Waals surface area contributed by atoms with Gasteiger partial charge in [0.1, 0.15) is 0 Å². The first-order valence-corrected chi connectivity index (χ1v) is 6.14. The van der Waals surface area contributed by atoms with Crippen molar-refractivity contribution >= 4 is 17.8 Å². The summed E-state index contributed by atoms with van der Waals surface area (Å²) >= 11 is 0. The van der Waals surface area contributed by atoms with Crippen LogP contribution in [0.25, 0.3) is 5.95 Å². The number of anilines is 2. The van der Waals surface area contributed by atoms with E-state index in [1.54, 1.807) is 35.3 Å². The second-order valence-electron chi connectivity index (χ2n) is 4.48. The van der Waals surface area contributed by atoms with Gasteiger partial charge in [-0.15, -0.1) is 0 Å². The van der Waals surface area contributed by atoms with Crippen molar-refractivity contribution in [2.45, 2.75) is 0 Å². The zero-order valence-corrected chi connectivity index (χ0v) is 11.0. The molecule has 1 amide bonds. The minimum Gasteiger partial charge on any atom is -0.368 e. The average Bonchev–Trinajstić information content (AvgIpc) is 2.95. The van der Waals surface area contributed by atoms with Crippen molar-refractivity contribution in [3.63, 3.8) is 0 Å². The summed E-state index contributed by atoms with van der Waals surface area (Å²) in [7, 11) is 1.77. The van der Waals surface area contributed by atoms with Gasteiger partial charge in [-0.25, -0.2) is 4.68 Å². The van der Waals surface area contributed by atoms with Gasteiger partial charge in [0.2, 0.25) is 17.8 Å². The molecule has 0 atom stereocenters. The topological polar surface area (TPSA) is 106 Å². The van der Waals surface area contributed by atoms with E-state index in [1.807, 2.05) is 0 Å². The van der Waals surface area contributed by atoms with E-state index in [9.17, 15) is 4.79 Å². The number of aromatic nitrogens is 5. The van der Waals surface area contributed by atoms with Crippen LogP contribution in [0, 0.1) is 0 Å². The highest BCUT2D eigenvalue weighted by Gasteiger charge is 2.23. The Morgan fingerprint density at radius 3 is 2.70 bits per heavy atom.